The number of alkyl carbamates (subject to hydrolysis) is 1. The highest BCUT2D eigenvalue weighted by atomic mass is 16.6. The number of hydrogen-bond donors (Lipinski definition) is 1. The van der Waals surface area contributed by atoms with Crippen LogP contribution in [0.1, 0.15) is 11.6 Å². The molecular formula is C10H10N2O5. The van der Waals surface area contributed by atoms with Crippen LogP contribution in [0.25, 0.3) is 0 Å². The number of methoxy groups -OCH3 is 1. The number of carbonyl (C=O) groups is 1. The van der Waals surface area contributed by atoms with Gasteiger partial charge in [-0.25, -0.2) is 4.79 Å². The number of nitro groups is 1. The van der Waals surface area contributed by atoms with E-state index < -0.39 is 11.0 Å². The normalized spacial score (nSPS) is 18.4. The third kappa shape index (κ3) is 2.12. The fourth-order valence-electron chi connectivity index (χ4n) is 1.63. The minimum Gasteiger partial charge on any atom is -0.490 e. The molecule has 90 valence electrons. The first kappa shape index (κ1) is 11.2. The van der Waals surface area contributed by atoms with Crippen LogP contribution in [0, 0.1) is 10.1 Å². The molecule has 1 amide bonds. The Kier molecular flexibility index (Phi) is 2.82. The van der Waals surface area contributed by atoms with Gasteiger partial charge in [0.15, 0.2) is 5.75 Å². The molecule has 7 nitrogen and oxygen atoms in total. The van der Waals surface area contributed by atoms with Gasteiger partial charge in [-0.05, 0) is 11.6 Å². The summed E-state index contributed by atoms with van der Waals surface area (Å²) in [6.45, 7) is 0.169. The molecule has 0 radical (unpaired) electrons. The van der Waals surface area contributed by atoms with Gasteiger partial charge in [-0.15, -0.1) is 0 Å². The molecule has 0 spiro atoms. The molecule has 0 aromatic heterocycles. The number of hydrogen-bond acceptors (Lipinski definition) is 5. The second kappa shape index (κ2) is 4.28. The second-order valence-corrected chi connectivity index (χ2v) is 3.48. The lowest BCUT2D eigenvalue weighted by molar-refractivity contribution is -0.385. The molecular weight excluding hydrogens is 228 g/mol. The van der Waals surface area contributed by atoms with E-state index in [1.165, 1.54) is 19.2 Å². The maximum Gasteiger partial charge on any atom is 0.407 e. The van der Waals surface area contributed by atoms with Crippen LogP contribution in [0.5, 0.6) is 5.75 Å². The van der Waals surface area contributed by atoms with E-state index in [1.807, 2.05) is 0 Å². The maximum absolute atomic E-state index is 10.9. The predicted molar refractivity (Wildman–Crippen MR) is 56.9 cm³/mol. The van der Waals surface area contributed by atoms with Gasteiger partial charge < -0.3 is 14.8 Å². The van der Waals surface area contributed by atoms with Crippen LogP contribution >= 0.6 is 0 Å². The van der Waals surface area contributed by atoms with Crippen LogP contribution in [0.3, 0.4) is 0 Å². The van der Waals surface area contributed by atoms with E-state index in [0.29, 0.717) is 5.56 Å². The third-order valence-corrected chi connectivity index (χ3v) is 2.48. The van der Waals surface area contributed by atoms with Crippen molar-refractivity contribution in [1.82, 2.24) is 5.32 Å². The Hall–Kier alpha value is -2.31. The van der Waals surface area contributed by atoms with E-state index in [-0.39, 0.29) is 24.1 Å². The van der Waals surface area contributed by atoms with E-state index in [4.69, 9.17) is 9.47 Å². The summed E-state index contributed by atoms with van der Waals surface area (Å²) in [7, 11) is 1.36. The van der Waals surface area contributed by atoms with Crippen molar-refractivity contribution in [3.05, 3.63) is 33.9 Å². The molecule has 1 aliphatic heterocycles. The quantitative estimate of drug-likeness (QED) is 0.634. The highest BCUT2D eigenvalue weighted by Crippen LogP contribution is 2.30. The van der Waals surface area contributed by atoms with Gasteiger partial charge in [-0.2, -0.15) is 0 Å². The van der Waals surface area contributed by atoms with Crippen molar-refractivity contribution in [2.45, 2.75) is 6.04 Å². The highest BCUT2D eigenvalue weighted by molar-refractivity contribution is 5.70. The number of nitro benzene ring substituents is 1. The Bertz CT molecular complexity index is 474. The van der Waals surface area contributed by atoms with Gasteiger partial charge in [0, 0.05) is 6.07 Å². The first-order valence-electron chi connectivity index (χ1n) is 4.87. The molecule has 0 unspecified atom stereocenters. The van der Waals surface area contributed by atoms with Crippen molar-refractivity contribution in [3.63, 3.8) is 0 Å². The van der Waals surface area contributed by atoms with Gasteiger partial charge in [-0.1, -0.05) is 6.07 Å². The number of amides is 1. The van der Waals surface area contributed by atoms with Gasteiger partial charge in [0.05, 0.1) is 18.1 Å². The predicted octanol–water partition coefficient (Wildman–Crippen LogP) is 1.38. The number of benzene rings is 1. The number of cyclic esters (lactones) is 1. The van der Waals surface area contributed by atoms with Crippen LogP contribution in [0.4, 0.5) is 10.5 Å². The van der Waals surface area contributed by atoms with Crippen LogP contribution < -0.4 is 10.1 Å². The number of rotatable bonds is 3. The molecule has 1 fully saturated rings. The molecule has 0 saturated carbocycles. The highest BCUT2D eigenvalue weighted by Gasteiger charge is 2.26. The first-order valence-corrected chi connectivity index (χ1v) is 4.87. The Morgan fingerprint density at radius 2 is 2.35 bits per heavy atom. The lowest BCUT2D eigenvalue weighted by Crippen LogP contribution is -2.18. The van der Waals surface area contributed by atoms with Gasteiger partial charge in [0.25, 0.3) is 0 Å². The smallest absolute Gasteiger partial charge is 0.407 e. The van der Waals surface area contributed by atoms with Crippen molar-refractivity contribution >= 4 is 11.8 Å². The Labute approximate surface area is 96.5 Å². The Morgan fingerprint density at radius 1 is 1.59 bits per heavy atom. The number of carbonyl (C=O) groups excluding carboxylic acids is 1. The number of nitrogens with zero attached hydrogens (tertiary/aromatic N) is 1. The standard InChI is InChI=1S/C10H10N2O5/c1-16-9-3-2-6(4-8(9)12(14)15)7-5-17-10(13)11-7/h2-4,7H,5H2,1H3,(H,11,13)/t7-/m0/s1. The van der Waals surface area contributed by atoms with Crippen LogP contribution in [0.2, 0.25) is 0 Å². The van der Waals surface area contributed by atoms with E-state index >= 15 is 0 Å². The summed E-state index contributed by atoms with van der Waals surface area (Å²) in [5, 5.41) is 13.4. The maximum atomic E-state index is 10.9. The van der Waals surface area contributed by atoms with Gasteiger partial charge >= 0.3 is 11.8 Å². The van der Waals surface area contributed by atoms with Crippen molar-refractivity contribution in [3.8, 4) is 5.75 Å². The van der Waals surface area contributed by atoms with E-state index in [9.17, 15) is 14.9 Å². The minimum absolute atomic E-state index is 0.133. The van der Waals surface area contributed by atoms with Crippen molar-refractivity contribution < 1.29 is 19.2 Å². The molecule has 1 N–H and O–H groups in total. The van der Waals surface area contributed by atoms with Crippen molar-refractivity contribution in [2.75, 3.05) is 13.7 Å². The molecule has 1 aromatic carbocycles. The Morgan fingerprint density at radius 3 is 2.88 bits per heavy atom. The third-order valence-electron chi connectivity index (χ3n) is 2.48. The summed E-state index contributed by atoms with van der Waals surface area (Å²) in [4.78, 5) is 21.2. The van der Waals surface area contributed by atoms with E-state index in [2.05, 4.69) is 5.32 Å². The fourth-order valence-corrected chi connectivity index (χ4v) is 1.63. The average Bonchev–Trinajstić information content (AvgIpc) is 2.75. The monoisotopic (exact) mass is 238 g/mol. The van der Waals surface area contributed by atoms with Gasteiger partial charge in [-0.3, -0.25) is 10.1 Å². The SMILES string of the molecule is COc1ccc([C@@H]2COC(=O)N2)cc1[N+](=O)[O-]. The second-order valence-electron chi connectivity index (χ2n) is 3.48. The molecule has 1 atom stereocenters. The van der Waals surface area contributed by atoms with Crippen LogP contribution in [-0.2, 0) is 4.74 Å². The summed E-state index contributed by atoms with van der Waals surface area (Å²) in [6.07, 6.45) is -0.520. The first-order chi connectivity index (χ1) is 8.11. The minimum atomic E-state index is -0.528. The molecule has 1 saturated heterocycles. The summed E-state index contributed by atoms with van der Waals surface area (Å²) >= 11 is 0. The lowest BCUT2D eigenvalue weighted by Gasteiger charge is -2.08. The van der Waals surface area contributed by atoms with Gasteiger partial charge in [0.2, 0.25) is 0 Å². The van der Waals surface area contributed by atoms with Crippen molar-refractivity contribution in [2.24, 2.45) is 0 Å². The lowest BCUT2D eigenvalue weighted by atomic mass is 10.1. The zero-order valence-corrected chi connectivity index (χ0v) is 9.00. The largest absolute Gasteiger partial charge is 0.490 e. The zero-order chi connectivity index (χ0) is 12.4. The van der Waals surface area contributed by atoms with Crippen molar-refractivity contribution in [1.29, 1.82) is 0 Å². The summed E-state index contributed by atoms with van der Waals surface area (Å²) in [5.74, 6) is 0.184. The van der Waals surface area contributed by atoms with Crippen LogP contribution in [-0.4, -0.2) is 24.7 Å². The summed E-state index contributed by atoms with van der Waals surface area (Å²) in [5.41, 5.74) is 0.481. The van der Waals surface area contributed by atoms with Gasteiger partial charge in [0.1, 0.15) is 6.61 Å². The molecule has 1 aliphatic rings. The Balaban J connectivity index is 2.33. The number of ether oxygens (including phenoxy) is 2. The molecule has 1 aromatic rings. The fraction of sp³-hybridized carbons (Fsp3) is 0.300. The summed E-state index contributed by atoms with van der Waals surface area (Å²) in [6, 6.07) is 4.18. The molecule has 1 heterocycles. The topological polar surface area (TPSA) is 90.7 Å². The summed E-state index contributed by atoms with van der Waals surface area (Å²) < 4.78 is 9.61. The molecule has 0 bridgehead atoms. The molecule has 0 aliphatic carbocycles. The van der Waals surface area contributed by atoms with E-state index in [0.717, 1.165) is 0 Å². The molecule has 2 rings (SSSR count). The van der Waals surface area contributed by atoms with Crippen LogP contribution in [0.15, 0.2) is 18.2 Å². The molecule has 17 heavy (non-hydrogen) atoms. The molecule has 7 heteroatoms. The number of nitrogens with one attached hydrogen (secondary N) is 1. The van der Waals surface area contributed by atoms with E-state index in [1.54, 1.807) is 6.07 Å². The zero-order valence-electron chi connectivity index (χ0n) is 9.00. The average molecular weight is 238 g/mol.